The first-order valence-electron chi connectivity index (χ1n) is 8.25. The number of aromatic nitrogens is 3. The maximum atomic E-state index is 11.4. The van der Waals surface area contributed by atoms with Crippen LogP contribution in [0.4, 0.5) is 5.82 Å². The molecule has 0 aliphatic heterocycles. The van der Waals surface area contributed by atoms with Crippen molar-refractivity contribution in [1.29, 1.82) is 0 Å². The summed E-state index contributed by atoms with van der Waals surface area (Å²) in [5, 5.41) is 10.6. The van der Waals surface area contributed by atoms with Gasteiger partial charge in [0.25, 0.3) is 0 Å². The quantitative estimate of drug-likeness (QED) is 0.621. The van der Waals surface area contributed by atoms with E-state index >= 15 is 0 Å². The zero-order chi connectivity index (χ0) is 18.4. The van der Waals surface area contributed by atoms with E-state index in [9.17, 15) is 4.79 Å². The lowest BCUT2D eigenvalue weighted by Crippen LogP contribution is -2.24. The predicted molar refractivity (Wildman–Crippen MR) is 99.3 cm³/mol. The zero-order valence-electron chi connectivity index (χ0n) is 15.3. The predicted octanol–water partition coefficient (Wildman–Crippen LogP) is 2.94. The molecule has 0 atom stereocenters. The van der Waals surface area contributed by atoms with E-state index in [0.717, 1.165) is 11.3 Å². The van der Waals surface area contributed by atoms with Crippen molar-refractivity contribution < 1.29 is 4.74 Å². The van der Waals surface area contributed by atoms with E-state index in [0.29, 0.717) is 24.0 Å². The van der Waals surface area contributed by atoms with Crippen LogP contribution in [0.15, 0.2) is 34.2 Å². The van der Waals surface area contributed by atoms with E-state index in [1.54, 1.807) is 6.21 Å². The highest BCUT2D eigenvalue weighted by molar-refractivity contribution is 5.80. The van der Waals surface area contributed by atoms with Gasteiger partial charge in [-0.15, -0.1) is 0 Å². The minimum absolute atomic E-state index is 0.278. The Balaban J connectivity index is 2.13. The Morgan fingerprint density at radius 2 is 2.12 bits per heavy atom. The topological polar surface area (TPSA) is 92.3 Å². The molecule has 134 valence electrons. The average molecular weight is 343 g/mol. The highest BCUT2D eigenvalue weighted by atomic mass is 16.5. The number of hydrogen-bond donors (Lipinski definition) is 2. The summed E-state index contributed by atoms with van der Waals surface area (Å²) >= 11 is 0. The molecule has 0 aliphatic rings. The Morgan fingerprint density at radius 3 is 2.80 bits per heavy atom. The summed E-state index contributed by atoms with van der Waals surface area (Å²) in [6.07, 6.45) is 1.65. The molecule has 2 rings (SSSR count). The van der Waals surface area contributed by atoms with E-state index in [-0.39, 0.29) is 5.41 Å². The number of rotatable bonds is 6. The summed E-state index contributed by atoms with van der Waals surface area (Å²) in [5.74, 6) is 1.60. The van der Waals surface area contributed by atoms with Gasteiger partial charge in [-0.2, -0.15) is 15.2 Å². The SMILES string of the molecule is CC(C)COc1cccc(/C=N/Nc2nc(=O)[nH]nc2C(C)(C)C)c1. The highest BCUT2D eigenvalue weighted by Gasteiger charge is 2.21. The molecule has 1 aromatic carbocycles. The normalized spacial score (nSPS) is 11.9. The van der Waals surface area contributed by atoms with E-state index < -0.39 is 5.69 Å². The lowest BCUT2D eigenvalue weighted by atomic mass is 9.92. The van der Waals surface area contributed by atoms with E-state index in [1.165, 1.54) is 0 Å². The standard InChI is InChI=1S/C18H25N5O2/c1-12(2)11-25-14-8-6-7-13(9-14)10-19-22-16-15(18(3,4)5)21-23-17(24)20-16/h6-10,12H,11H2,1-5H3,(H2,20,22,23,24)/b19-10+. The molecular weight excluding hydrogens is 318 g/mol. The summed E-state index contributed by atoms with van der Waals surface area (Å²) < 4.78 is 5.70. The zero-order valence-corrected chi connectivity index (χ0v) is 15.3. The molecule has 7 nitrogen and oxygen atoms in total. The van der Waals surface area contributed by atoms with Crippen LogP contribution in [0.2, 0.25) is 0 Å². The Hall–Kier alpha value is -2.70. The number of hydrazone groups is 1. The van der Waals surface area contributed by atoms with E-state index in [1.807, 2.05) is 45.0 Å². The fraction of sp³-hybridized carbons (Fsp3) is 0.444. The number of benzene rings is 1. The molecule has 1 heterocycles. The van der Waals surface area contributed by atoms with Crippen molar-refractivity contribution in [2.24, 2.45) is 11.0 Å². The molecule has 1 aromatic heterocycles. The van der Waals surface area contributed by atoms with Crippen LogP contribution in [0.5, 0.6) is 5.75 Å². The van der Waals surface area contributed by atoms with Crippen molar-refractivity contribution in [1.82, 2.24) is 15.2 Å². The van der Waals surface area contributed by atoms with Gasteiger partial charge in [0.2, 0.25) is 0 Å². The van der Waals surface area contributed by atoms with Gasteiger partial charge < -0.3 is 4.74 Å². The van der Waals surface area contributed by atoms with Gasteiger partial charge in [0.05, 0.1) is 12.8 Å². The van der Waals surface area contributed by atoms with Gasteiger partial charge in [-0.25, -0.2) is 9.89 Å². The Morgan fingerprint density at radius 1 is 1.36 bits per heavy atom. The van der Waals surface area contributed by atoms with Gasteiger partial charge in [-0.3, -0.25) is 5.43 Å². The molecule has 0 saturated carbocycles. The maximum Gasteiger partial charge on any atom is 0.363 e. The van der Waals surface area contributed by atoms with Crippen LogP contribution in [0.1, 0.15) is 45.9 Å². The lowest BCUT2D eigenvalue weighted by molar-refractivity contribution is 0.271. The van der Waals surface area contributed by atoms with Crippen LogP contribution >= 0.6 is 0 Å². The number of ether oxygens (including phenoxy) is 1. The number of H-pyrrole nitrogens is 1. The molecule has 0 bridgehead atoms. The average Bonchev–Trinajstić information content (AvgIpc) is 2.52. The van der Waals surface area contributed by atoms with Gasteiger partial charge in [-0.05, 0) is 23.6 Å². The molecule has 0 saturated heterocycles. The lowest BCUT2D eigenvalue weighted by Gasteiger charge is -2.18. The fourth-order valence-corrected chi connectivity index (χ4v) is 2.05. The highest BCUT2D eigenvalue weighted by Crippen LogP contribution is 2.24. The second-order valence-electron chi connectivity index (χ2n) is 7.24. The van der Waals surface area contributed by atoms with Crippen LogP contribution in [0.25, 0.3) is 0 Å². The van der Waals surface area contributed by atoms with E-state index in [2.05, 4.69) is 39.6 Å². The third-order valence-electron chi connectivity index (χ3n) is 3.24. The largest absolute Gasteiger partial charge is 0.493 e. The van der Waals surface area contributed by atoms with Crippen molar-refractivity contribution in [3.8, 4) is 5.75 Å². The molecule has 0 fully saturated rings. The Kier molecular flexibility index (Phi) is 5.90. The third-order valence-corrected chi connectivity index (χ3v) is 3.24. The second kappa shape index (κ2) is 7.92. The smallest absolute Gasteiger partial charge is 0.363 e. The number of hydrogen-bond acceptors (Lipinski definition) is 6. The van der Waals surface area contributed by atoms with Crippen molar-refractivity contribution >= 4 is 12.0 Å². The summed E-state index contributed by atoms with van der Waals surface area (Å²) in [7, 11) is 0. The third kappa shape index (κ3) is 5.70. The molecule has 0 spiro atoms. The van der Waals surface area contributed by atoms with Gasteiger partial charge in [-0.1, -0.05) is 46.8 Å². The van der Waals surface area contributed by atoms with Crippen molar-refractivity contribution in [2.45, 2.75) is 40.0 Å². The van der Waals surface area contributed by atoms with Gasteiger partial charge in [0.1, 0.15) is 11.4 Å². The molecule has 2 N–H and O–H groups in total. The van der Waals surface area contributed by atoms with Crippen molar-refractivity contribution in [3.63, 3.8) is 0 Å². The molecule has 7 heteroatoms. The number of nitrogens with one attached hydrogen (secondary N) is 2. The Labute approximate surface area is 147 Å². The molecule has 0 aliphatic carbocycles. The molecule has 0 amide bonds. The van der Waals surface area contributed by atoms with Crippen LogP contribution in [0.3, 0.4) is 0 Å². The van der Waals surface area contributed by atoms with Crippen LogP contribution < -0.4 is 15.9 Å². The van der Waals surface area contributed by atoms with Crippen LogP contribution in [-0.2, 0) is 5.41 Å². The van der Waals surface area contributed by atoms with Gasteiger partial charge in [0.15, 0.2) is 5.82 Å². The first-order valence-corrected chi connectivity index (χ1v) is 8.25. The first-order chi connectivity index (χ1) is 11.8. The molecule has 25 heavy (non-hydrogen) atoms. The minimum Gasteiger partial charge on any atom is -0.493 e. The van der Waals surface area contributed by atoms with Crippen LogP contribution in [-0.4, -0.2) is 28.0 Å². The van der Waals surface area contributed by atoms with Gasteiger partial charge in [0, 0.05) is 5.41 Å². The fourth-order valence-electron chi connectivity index (χ4n) is 2.05. The maximum absolute atomic E-state index is 11.4. The van der Waals surface area contributed by atoms with Gasteiger partial charge >= 0.3 is 5.69 Å². The van der Waals surface area contributed by atoms with Crippen LogP contribution in [0, 0.1) is 5.92 Å². The molecule has 0 unspecified atom stereocenters. The molecular formula is C18H25N5O2. The summed E-state index contributed by atoms with van der Waals surface area (Å²) in [5.41, 5.74) is 3.53. The minimum atomic E-state index is -0.519. The summed E-state index contributed by atoms with van der Waals surface area (Å²) in [4.78, 5) is 15.4. The Bertz CT molecular complexity index is 791. The molecule has 2 aromatic rings. The number of aromatic amines is 1. The molecule has 0 radical (unpaired) electrons. The van der Waals surface area contributed by atoms with Crippen molar-refractivity contribution in [3.05, 3.63) is 46.0 Å². The van der Waals surface area contributed by atoms with Crippen molar-refractivity contribution in [2.75, 3.05) is 12.0 Å². The first kappa shape index (κ1) is 18.6. The number of nitrogens with zero attached hydrogens (tertiary/aromatic N) is 3. The monoisotopic (exact) mass is 343 g/mol. The number of anilines is 1. The summed E-state index contributed by atoms with van der Waals surface area (Å²) in [6.45, 7) is 10.8. The summed E-state index contributed by atoms with van der Waals surface area (Å²) in [6, 6.07) is 7.64. The van der Waals surface area contributed by atoms with E-state index in [4.69, 9.17) is 4.74 Å². The second-order valence-corrected chi connectivity index (χ2v) is 7.24.